The summed E-state index contributed by atoms with van der Waals surface area (Å²) in [7, 11) is 1.73. The highest BCUT2D eigenvalue weighted by molar-refractivity contribution is 9.10. The molecule has 4 heteroatoms. The molecule has 0 atom stereocenters. The third-order valence-corrected chi connectivity index (χ3v) is 2.20. The second-order valence-electron chi connectivity index (χ2n) is 2.67. The molecule has 72 valence electrons. The highest BCUT2D eigenvalue weighted by atomic mass is 79.9. The van der Waals surface area contributed by atoms with Crippen LogP contribution >= 0.6 is 15.9 Å². The van der Waals surface area contributed by atoms with Gasteiger partial charge in [-0.1, -0.05) is 22.0 Å². The molecule has 0 fully saturated rings. The summed E-state index contributed by atoms with van der Waals surface area (Å²) in [6.45, 7) is 0.457. The maximum absolute atomic E-state index is 12.4. The molecule has 0 heterocycles. The number of halogens is 3. The number of benzene rings is 1. The third-order valence-electron chi connectivity index (χ3n) is 1.71. The zero-order valence-electron chi connectivity index (χ0n) is 7.15. The molecule has 0 saturated carbocycles. The monoisotopic (exact) mass is 249 g/mol. The van der Waals surface area contributed by atoms with Crippen molar-refractivity contribution in [2.45, 2.75) is 13.0 Å². The summed E-state index contributed by atoms with van der Waals surface area (Å²) in [5.41, 5.74) is 0.726. The minimum Gasteiger partial charge on any atom is -0.316 e. The molecular formula is C9H10BrF2N. The van der Waals surface area contributed by atoms with E-state index in [1.165, 1.54) is 6.07 Å². The molecule has 13 heavy (non-hydrogen) atoms. The summed E-state index contributed by atoms with van der Waals surface area (Å²) in [4.78, 5) is 0. The lowest BCUT2D eigenvalue weighted by Crippen LogP contribution is -2.07. The van der Waals surface area contributed by atoms with Crippen LogP contribution in [-0.4, -0.2) is 7.05 Å². The van der Waals surface area contributed by atoms with Crippen molar-refractivity contribution >= 4 is 15.9 Å². The molecule has 1 rings (SSSR count). The van der Waals surface area contributed by atoms with Crippen LogP contribution < -0.4 is 5.32 Å². The molecule has 0 radical (unpaired) electrons. The second kappa shape index (κ2) is 4.67. The van der Waals surface area contributed by atoms with Gasteiger partial charge in [0.05, 0.1) is 0 Å². The van der Waals surface area contributed by atoms with E-state index in [9.17, 15) is 8.78 Å². The van der Waals surface area contributed by atoms with Gasteiger partial charge in [0.25, 0.3) is 6.43 Å². The predicted octanol–water partition coefficient (Wildman–Crippen LogP) is 3.11. The summed E-state index contributed by atoms with van der Waals surface area (Å²) in [5.74, 6) is 0. The predicted molar refractivity (Wildman–Crippen MR) is 51.9 cm³/mol. The normalized spacial score (nSPS) is 10.8. The van der Waals surface area contributed by atoms with E-state index in [1.54, 1.807) is 19.2 Å². The number of nitrogens with one attached hydrogen (secondary N) is 1. The Morgan fingerprint density at radius 1 is 1.46 bits per heavy atom. The molecule has 0 aliphatic rings. The van der Waals surface area contributed by atoms with E-state index in [4.69, 9.17) is 0 Å². The van der Waals surface area contributed by atoms with Crippen LogP contribution in [0, 0.1) is 0 Å². The molecule has 0 aromatic heterocycles. The van der Waals surface area contributed by atoms with Crippen LogP contribution in [0.2, 0.25) is 0 Å². The second-order valence-corrected chi connectivity index (χ2v) is 3.59. The maximum atomic E-state index is 12.4. The van der Waals surface area contributed by atoms with Crippen LogP contribution in [-0.2, 0) is 6.54 Å². The van der Waals surface area contributed by atoms with Gasteiger partial charge in [-0.2, -0.15) is 0 Å². The first-order valence-electron chi connectivity index (χ1n) is 3.86. The molecule has 0 amide bonds. The summed E-state index contributed by atoms with van der Waals surface area (Å²) in [6, 6.07) is 4.78. The van der Waals surface area contributed by atoms with Crippen molar-refractivity contribution in [1.29, 1.82) is 0 Å². The van der Waals surface area contributed by atoms with Crippen molar-refractivity contribution < 1.29 is 8.78 Å². The van der Waals surface area contributed by atoms with Crippen molar-refractivity contribution in [3.05, 3.63) is 33.8 Å². The van der Waals surface area contributed by atoms with E-state index in [1.807, 2.05) is 0 Å². The summed E-state index contributed by atoms with van der Waals surface area (Å²) >= 11 is 3.24. The molecule has 0 spiro atoms. The molecule has 1 N–H and O–H groups in total. The summed E-state index contributed by atoms with van der Waals surface area (Å²) in [5, 5.41) is 2.85. The van der Waals surface area contributed by atoms with Crippen molar-refractivity contribution in [3.8, 4) is 0 Å². The first-order valence-corrected chi connectivity index (χ1v) is 4.65. The van der Waals surface area contributed by atoms with Gasteiger partial charge in [0.15, 0.2) is 0 Å². The SMILES string of the molecule is CNCc1cc(Br)ccc1C(F)F. The number of alkyl halides is 2. The minimum atomic E-state index is -2.41. The van der Waals surface area contributed by atoms with Crippen molar-refractivity contribution in [2.75, 3.05) is 7.05 Å². The van der Waals surface area contributed by atoms with E-state index in [0.717, 1.165) is 4.47 Å². The van der Waals surface area contributed by atoms with Crippen LogP contribution in [0.1, 0.15) is 17.6 Å². The van der Waals surface area contributed by atoms with Gasteiger partial charge in [-0.25, -0.2) is 8.78 Å². The number of hydrogen-bond donors (Lipinski definition) is 1. The quantitative estimate of drug-likeness (QED) is 0.869. The molecule has 1 aromatic carbocycles. The number of hydrogen-bond acceptors (Lipinski definition) is 1. The highest BCUT2D eigenvalue weighted by Crippen LogP contribution is 2.25. The fourth-order valence-electron chi connectivity index (χ4n) is 1.13. The lowest BCUT2D eigenvalue weighted by molar-refractivity contribution is 0.150. The van der Waals surface area contributed by atoms with Crippen molar-refractivity contribution in [3.63, 3.8) is 0 Å². The number of rotatable bonds is 3. The average Bonchev–Trinajstić information content (AvgIpc) is 2.04. The minimum absolute atomic E-state index is 0.0950. The fraction of sp³-hybridized carbons (Fsp3) is 0.333. The van der Waals surface area contributed by atoms with E-state index < -0.39 is 6.43 Å². The van der Waals surface area contributed by atoms with E-state index in [0.29, 0.717) is 12.1 Å². The zero-order valence-corrected chi connectivity index (χ0v) is 8.74. The van der Waals surface area contributed by atoms with Gasteiger partial charge >= 0.3 is 0 Å². The van der Waals surface area contributed by atoms with Crippen LogP contribution in [0.3, 0.4) is 0 Å². The Hall–Kier alpha value is -0.480. The molecule has 0 unspecified atom stereocenters. The largest absolute Gasteiger partial charge is 0.316 e. The van der Waals surface area contributed by atoms with E-state index in [-0.39, 0.29) is 5.56 Å². The zero-order chi connectivity index (χ0) is 9.84. The van der Waals surface area contributed by atoms with Gasteiger partial charge in [0.2, 0.25) is 0 Å². The molecule has 1 nitrogen and oxygen atoms in total. The Morgan fingerprint density at radius 2 is 2.15 bits per heavy atom. The molecule has 0 aliphatic heterocycles. The van der Waals surface area contributed by atoms with Crippen LogP contribution in [0.25, 0.3) is 0 Å². The van der Waals surface area contributed by atoms with Crippen LogP contribution in [0.15, 0.2) is 22.7 Å². The smallest absolute Gasteiger partial charge is 0.264 e. The Bertz CT molecular complexity index is 289. The topological polar surface area (TPSA) is 12.0 Å². The lowest BCUT2D eigenvalue weighted by Gasteiger charge is -2.08. The molecule has 0 aliphatic carbocycles. The van der Waals surface area contributed by atoms with E-state index in [2.05, 4.69) is 21.2 Å². The third kappa shape index (κ3) is 2.74. The van der Waals surface area contributed by atoms with Crippen LogP contribution in [0.4, 0.5) is 8.78 Å². The van der Waals surface area contributed by atoms with Gasteiger partial charge in [-0.05, 0) is 24.7 Å². The molecule has 1 aromatic rings. The molecule has 0 bridgehead atoms. The maximum Gasteiger partial charge on any atom is 0.264 e. The molecule has 0 saturated heterocycles. The van der Waals surface area contributed by atoms with Gasteiger partial charge in [-0.3, -0.25) is 0 Å². The highest BCUT2D eigenvalue weighted by Gasteiger charge is 2.11. The van der Waals surface area contributed by atoms with E-state index >= 15 is 0 Å². The average molecular weight is 250 g/mol. The lowest BCUT2D eigenvalue weighted by atomic mass is 10.1. The van der Waals surface area contributed by atoms with Gasteiger partial charge in [-0.15, -0.1) is 0 Å². The standard InChI is InChI=1S/C9H10BrF2N/c1-13-5-6-4-7(10)2-3-8(6)9(11)12/h2-4,9,13H,5H2,1H3. The van der Waals surface area contributed by atoms with Crippen LogP contribution in [0.5, 0.6) is 0 Å². The van der Waals surface area contributed by atoms with Crippen molar-refractivity contribution in [1.82, 2.24) is 5.32 Å². The van der Waals surface area contributed by atoms with Gasteiger partial charge in [0.1, 0.15) is 0 Å². The first kappa shape index (κ1) is 10.6. The Labute approximate surface area is 84.3 Å². The molecular weight excluding hydrogens is 240 g/mol. The van der Waals surface area contributed by atoms with Crippen molar-refractivity contribution in [2.24, 2.45) is 0 Å². The summed E-state index contributed by atoms with van der Waals surface area (Å²) in [6.07, 6.45) is -2.41. The Morgan fingerprint density at radius 3 is 2.69 bits per heavy atom. The fourth-order valence-corrected chi connectivity index (χ4v) is 1.54. The van der Waals surface area contributed by atoms with Gasteiger partial charge in [0, 0.05) is 16.6 Å². The first-order chi connectivity index (χ1) is 6.15. The van der Waals surface area contributed by atoms with Gasteiger partial charge < -0.3 is 5.32 Å². The Balaban J connectivity index is 3.03. The Kier molecular flexibility index (Phi) is 3.81. The summed E-state index contributed by atoms with van der Waals surface area (Å²) < 4.78 is 25.7.